The lowest BCUT2D eigenvalue weighted by Gasteiger charge is -2.04. The van der Waals surface area contributed by atoms with Crippen LogP contribution in [0.15, 0.2) is 40.9 Å². The van der Waals surface area contributed by atoms with Gasteiger partial charge in [-0.3, -0.25) is 4.79 Å². The first-order chi connectivity index (χ1) is 9.66. The van der Waals surface area contributed by atoms with Crippen molar-refractivity contribution in [3.8, 4) is 11.3 Å². The van der Waals surface area contributed by atoms with Gasteiger partial charge >= 0.3 is 0 Å². The third-order valence-electron chi connectivity index (χ3n) is 2.89. The van der Waals surface area contributed by atoms with Gasteiger partial charge in [0.25, 0.3) is 5.91 Å². The molecule has 0 saturated carbocycles. The smallest absolute Gasteiger partial charge is 0.273 e. The fourth-order valence-electron chi connectivity index (χ4n) is 1.81. The van der Waals surface area contributed by atoms with Crippen LogP contribution in [-0.4, -0.2) is 28.8 Å². The molecule has 0 bridgehead atoms. The van der Waals surface area contributed by atoms with Crippen molar-refractivity contribution in [2.45, 2.75) is 25.9 Å². The summed E-state index contributed by atoms with van der Waals surface area (Å²) < 4.78 is 5.17. The molecule has 0 fully saturated rings. The summed E-state index contributed by atoms with van der Waals surface area (Å²) in [5.74, 6) is 0.307. The highest BCUT2D eigenvalue weighted by atomic mass is 16.5. The van der Waals surface area contributed by atoms with Gasteiger partial charge < -0.3 is 14.9 Å². The molecule has 1 amide bonds. The Morgan fingerprint density at radius 2 is 2.15 bits per heavy atom. The molecule has 106 valence electrons. The van der Waals surface area contributed by atoms with Crippen LogP contribution in [0.2, 0.25) is 0 Å². The summed E-state index contributed by atoms with van der Waals surface area (Å²) in [6, 6.07) is 11.1. The maximum Gasteiger partial charge on any atom is 0.273 e. The molecular formula is C15H18N2O3. The molecule has 1 aromatic heterocycles. The molecule has 1 unspecified atom stereocenters. The number of nitrogens with zero attached hydrogens (tertiary/aromatic N) is 1. The lowest BCUT2D eigenvalue weighted by atomic mass is 10.1. The van der Waals surface area contributed by atoms with E-state index in [0.717, 1.165) is 12.0 Å². The minimum atomic E-state index is -0.344. The zero-order valence-electron chi connectivity index (χ0n) is 11.4. The number of benzene rings is 1. The molecule has 5 nitrogen and oxygen atoms in total. The number of aliphatic hydroxyl groups excluding tert-OH is 1. The maximum absolute atomic E-state index is 11.8. The molecule has 1 heterocycles. The average molecular weight is 274 g/mol. The van der Waals surface area contributed by atoms with Crippen molar-refractivity contribution in [3.63, 3.8) is 0 Å². The minimum Gasteiger partial charge on any atom is -0.393 e. The van der Waals surface area contributed by atoms with Crippen molar-refractivity contribution >= 4 is 5.91 Å². The number of rotatable bonds is 6. The number of nitrogens with one attached hydrogen (secondary N) is 1. The minimum absolute atomic E-state index is 0.262. The lowest BCUT2D eigenvalue weighted by Crippen LogP contribution is -2.25. The predicted molar refractivity (Wildman–Crippen MR) is 75.2 cm³/mol. The molecule has 1 aromatic carbocycles. The van der Waals surface area contributed by atoms with Crippen molar-refractivity contribution in [2.75, 3.05) is 6.54 Å². The highest BCUT2D eigenvalue weighted by Crippen LogP contribution is 2.19. The van der Waals surface area contributed by atoms with Gasteiger partial charge in [0, 0.05) is 18.2 Å². The molecule has 0 aliphatic heterocycles. The molecule has 2 aromatic rings. The Kier molecular flexibility index (Phi) is 4.90. The summed E-state index contributed by atoms with van der Waals surface area (Å²) in [5.41, 5.74) is 1.15. The van der Waals surface area contributed by atoms with E-state index in [1.165, 1.54) is 0 Å². The van der Waals surface area contributed by atoms with Gasteiger partial charge in [0.2, 0.25) is 0 Å². The van der Waals surface area contributed by atoms with Gasteiger partial charge in [-0.15, -0.1) is 0 Å². The van der Waals surface area contributed by atoms with Crippen LogP contribution < -0.4 is 5.32 Å². The van der Waals surface area contributed by atoms with Gasteiger partial charge in [-0.05, 0) is 19.8 Å². The number of aliphatic hydroxyl groups is 1. The van der Waals surface area contributed by atoms with E-state index in [1.54, 1.807) is 13.0 Å². The second-order valence-corrected chi connectivity index (χ2v) is 4.69. The standard InChI is InChI=1S/C15H18N2O3/c1-11(18)6-5-9-16-15(19)13-10-14(20-17-13)12-7-3-2-4-8-12/h2-4,7-8,10-11,18H,5-6,9H2,1H3,(H,16,19). The van der Waals surface area contributed by atoms with Gasteiger partial charge in [-0.25, -0.2) is 0 Å². The predicted octanol–water partition coefficient (Wildman–Crippen LogP) is 2.23. The number of hydrogen-bond acceptors (Lipinski definition) is 4. The average Bonchev–Trinajstić information content (AvgIpc) is 2.94. The zero-order valence-corrected chi connectivity index (χ0v) is 11.4. The van der Waals surface area contributed by atoms with E-state index in [4.69, 9.17) is 9.63 Å². The summed E-state index contributed by atoms with van der Waals surface area (Å²) in [5, 5.41) is 15.6. The van der Waals surface area contributed by atoms with Gasteiger partial charge in [0.05, 0.1) is 6.10 Å². The zero-order chi connectivity index (χ0) is 14.4. The Morgan fingerprint density at radius 1 is 1.40 bits per heavy atom. The summed E-state index contributed by atoms with van der Waals surface area (Å²) in [7, 11) is 0. The van der Waals surface area contributed by atoms with E-state index in [2.05, 4.69) is 10.5 Å². The highest BCUT2D eigenvalue weighted by molar-refractivity contribution is 5.93. The number of carbonyl (C=O) groups is 1. The topological polar surface area (TPSA) is 75.4 Å². The van der Waals surface area contributed by atoms with Crippen LogP contribution in [0.25, 0.3) is 11.3 Å². The third kappa shape index (κ3) is 3.93. The molecule has 0 spiro atoms. The first-order valence-electron chi connectivity index (χ1n) is 6.65. The SMILES string of the molecule is CC(O)CCCNC(=O)c1cc(-c2ccccc2)on1. The first kappa shape index (κ1) is 14.3. The van der Waals surface area contributed by atoms with E-state index in [-0.39, 0.29) is 17.7 Å². The molecule has 0 saturated heterocycles. The summed E-state index contributed by atoms with van der Waals surface area (Å²) in [6.07, 6.45) is 1.05. The van der Waals surface area contributed by atoms with Crippen molar-refractivity contribution in [2.24, 2.45) is 0 Å². The fraction of sp³-hybridized carbons (Fsp3) is 0.333. The normalized spacial score (nSPS) is 12.1. The molecule has 5 heteroatoms. The molecular weight excluding hydrogens is 256 g/mol. The lowest BCUT2D eigenvalue weighted by molar-refractivity contribution is 0.0940. The summed E-state index contributed by atoms with van der Waals surface area (Å²) >= 11 is 0. The summed E-state index contributed by atoms with van der Waals surface area (Å²) in [6.45, 7) is 2.24. The number of hydrogen-bond donors (Lipinski definition) is 2. The second kappa shape index (κ2) is 6.86. The molecule has 0 radical (unpaired) electrons. The van der Waals surface area contributed by atoms with Crippen LogP contribution >= 0.6 is 0 Å². The second-order valence-electron chi connectivity index (χ2n) is 4.69. The van der Waals surface area contributed by atoms with Crippen LogP contribution in [0.4, 0.5) is 0 Å². The fourth-order valence-corrected chi connectivity index (χ4v) is 1.81. The van der Waals surface area contributed by atoms with Gasteiger partial charge in [0.1, 0.15) is 0 Å². The third-order valence-corrected chi connectivity index (χ3v) is 2.89. The first-order valence-corrected chi connectivity index (χ1v) is 6.65. The van der Waals surface area contributed by atoms with Crippen molar-refractivity contribution in [1.29, 1.82) is 0 Å². The van der Waals surface area contributed by atoms with Crippen LogP contribution in [0.3, 0.4) is 0 Å². The molecule has 0 aliphatic carbocycles. The number of amides is 1. The van der Waals surface area contributed by atoms with Crippen LogP contribution in [-0.2, 0) is 0 Å². The van der Waals surface area contributed by atoms with Crippen LogP contribution in [0.1, 0.15) is 30.3 Å². The van der Waals surface area contributed by atoms with E-state index in [0.29, 0.717) is 18.7 Å². The quantitative estimate of drug-likeness (QED) is 0.792. The Morgan fingerprint density at radius 3 is 2.85 bits per heavy atom. The maximum atomic E-state index is 11.8. The molecule has 0 aliphatic rings. The monoisotopic (exact) mass is 274 g/mol. The Hall–Kier alpha value is -2.14. The van der Waals surface area contributed by atoms with Gasteiger partial charge in [-0.1, -0.05) is 35.5 Å². The van der Waals surface area contributed by atoms with E-state index < -0.39 is 0 Å². The highest BCUT2D eigenvalue weighted by Gasteiger charge is 2.12. The Labute approximate surface area is 117 Å². The van der Waals surface area contributed by atoms with E-state index >= 15 is 0 Å². The molecule has 20 heavy (non-hydrogen) atoms. The van der Waals surface area contributed by atoms with Crippen molar-refractivity contribution < 1.29 is 14.4 Å². The number of carbonyl (C=O) groups excluding carboxylic acids is 1. The van der Waals surface area contributed by atoms with Gasteiger partial charge in [0.15, 0.2) is 11.5 Å². The van der Waals surface area contributed by atoms with Crippen LogP contribution in [0.5, 0.6) is 0 Å². The largest absolute Gasteiger partial charge is 0.393 e. The van der Waals surface area contributed by atoms with Crippen molar-refractivity contribution in [1.82, 2.24) is 10.5 Å². The Balaban J connectivity index is 1.90. The Bertz CT molecular complexity index is 549. The van der Waals surface area contributed by atoms with Crippen LogP contribution in [0, 0.1) is 0 Å². The molecule has 2 rings (SSSR count). The summed E-state index contributed by atoms with van der Waals surface area (Å²) in [4.78, 5) is 11.8. The molecule has 1 atom stereocenters. The molecule has 2 N–H and O–H groups in total. The number of aromatic nitrogens is 1. The van der Waals surface area contributed by atoms with Crippen molar-refractivity contribution in [3.05, 3.63) is 42.1 Å². The van der Waals surface area contributed by atoms with Gasteiger partial charge in [-0.2, -0.15) is 0 Å². The van der Waals surface area contributed by atoms with E-state index in [1.807, 2.05) is 30.3 Å². The van der Waals surface area contributed by atoms with E-state index in [9.17, 15) is 4.79 Å².